The maximum absolute atomic E-state index is 12.3. The number of ether oxygens (including phenoxy) is 1. The number of hydrogen-bond donors (Lipinski definition) is 1. The summed E-state index contributed by atoms with van der Waals surface area (Å²) in [6.45, 7) is 4.77. The number of benzene rings is 1. The highest BCUT2D eigenvalue weighted by Gasteiger charge is 2.30. The number of carboxylic acids is 1. The predicted octanol–water partition coefficient (Wildman–Crippen LogP) is 2.71. The second-order valence-corrected chi connectivity index (χ2v) is 6.54. The fraction of sp³-hybridized carbons (Fsp3) is 0.529. The van der Waals surface area contributed by atoms with Gasteiger partial charge in [0.1, 0.15) is 6.61 Å². The summed E-state index contributed by atoms with van der Waals surface area (Å²) in [6, 6.07) is 3.41. The third kappa shape index (κ3) is 4.68. The molecule has 0 radical (unpaired) electrons. The van der Waals surface area contributed by atoms with Gasteiger partial charge in [0.05, 0.1) is 16.5 Å². The largest absolute Gasteiger partial charge is 0.485 e. The maximum Gasteiger partial charge on any atom is 0.335 e. The van der Waals surface area contributed by atoms with E-state index in [9.17, 15) is 19.7 Å². The van der Waals surface area contributed by atoms with Crippen LogP contribution in [0.5, 0.6) is 5.75 Å². The van der Waals surface area contributed by atoms with Crippen molar-refractivity contribution in [3.05, 3.63) is 33.9 Å². The Balaban J connectivity index is 2.08. The quantitative estimate of drug-likeness (QED) is 0.598. The number of nitro benzene ring substituents is 1. The van der Waals surface area contributed by atoms with Crippen molar-refractivity contribution >= 4 is 17.6 Å². The smallest absolute Gasteiger partial charge is 0.335 e. The Morgan fingerprint density at radius 1 is 1.44 bits per heavy atom. The summed E-state index contributed by atoms with van der Waals surface area (Å²) >= 11 is 0. The van der Waals surface area contributed by atoms with Crippen molar-refractivity contribution in [1.82, 2.24) is 4.90 Å². The summed E-state index contributed by atoms with van der Waals surface area (Å²) in [5.74, 6) is -0.898. The number of carbonyl (C=O) groups is 2. The van der Waals surface area contributed by atoms with Crippen LogP contribution in [-0.4, -0.2) is 46.0 Å². The number of hydrogen-bond acceptors (Lipinski definition) is 5. The van der Waals surface area contributed by atoms with Gasteiger partial charge in [-0.05, 0) is 30.9 Å². The Morgan fingerprint density at radius 3 is 2.76 bits per heavy atom. The fourth-order valence-electron chi connectivity index (χ4n) is 2.90. The SMILES string of the molecule is CC(C)CC(=O)N1CCCC1COc1ccc(C(=O)O)cc1[N+](=O)[O-]. The van der Waals surface area contributed by atoms with Crippen LogP contribution in [0.15, 0.2) is 18.2 Å². The maximum atomic E-state index is 12.3. The molecule has 1 N–H and O–H groups in total. The number of likely N-dealkylation sites (tertiary alicyclic amines) is 1. The Bertz CT molecular complexity index is 673. The zero-order valence-electron chi connectivity index (χ0n) is 14.3. The molecule has 0 saturated carbocycles. The molecule has 1 fully saturated rings. The van der Waals surface area contributed by atoms with Crippen molar-refractivity contribution in [2.45, 2.75) is 39.2 Å². The topological polar surface area (TPSA) is 110 Å². The summed E-state index contributed by atoms with van der Waals surface area (Å²) < 4.78 is 5.57. The Morgan fingerprint density at radius 2 is 2.16 bits per heavy atom. The van der Waals surface area contributed by atoms with Gasteiger partial charge in [0, 0.05) is 19.0 Å². The van der Waals surface area contributed by atoms with Gasteiger partial charge >= 0.3 is 11.7 Å². The van der Waals surface area contributed by atoms with E-state index in [1.54, 1.807) is 4.90 Å². The highest BCUT2D eigenvalue weighted by Crippen LogP contribution is 2.29. The summed E-state index contributed by atoms with van der Waals surface area (Å²) in [7, 11) is 0. The Hall–Kier alpha value is -2.64. The molecule has 1 unspecified atom stereocenters. The molecule has 1 heterocycles. The monoisotopic (exact) mass is 350 g/mol. The van der Waals surface area contributed by atoms with Gasteiger partial charge in [-0.15, -0.1) is 0 Å². The standard InChI is InChI=1S/C17H22N2O6/c1-11(2)8-16(20)18-7-3-4-13(18)10-25-15-6-5-12(17(21)22)9-14(15)19(23)24/h5-6,9,11,13H,3-4,7-8,10H2,1-2H3,(H,21,22). The average molecular weight is 350 g/mol. The van der Waals surface area contributed by atoms with E-state index >= 15 is 0 Å². The molecule has 1 saturated heterocycles. The normalized spacial score (nSPS) is 16.9. The van der Waals surface area contributed by atoms with Gasteiger partial charge < -0.3 is 14.7 Å². The molecular formula is C17H22N2O6. The van der Waals surface area contributed by atoms with Crippen LogP contribution in [-0.2, 0) is 4.79 Å². The van der Waals surface area contributed by atoms with Gasteiger partial charge in [0.2, 0.25) is 5.91 Å². The van der Waals surface area contributed by atoms with Gasteiger partial charge in [0.25, 0.3) is 0 Å². The van der Waals surface area contributed by atoms with Crippen molar-refractivity contribution in [3.8, 4) is 5.75 Å². The third-order valence-electron chi connectivity index (χ3n) is 4.11. The van der Waals surface area contributed by atoms with Gasteiger partial charge in [-0.25, -0.2) is 4.79 Å². The number of carbonyl (C=O) groups excluding carboxylic acids is 1. The molecule has 0 aromatic heterocycles. The highest BCUT2D eigenvalue weighted by molar-refractivity contribution is 5.88. The van der Waals surface area contributed by atoms with Crippen LogP contribution in [0.3, 0.4) is 0 Å². The Kier molecular flexibility index (Phi) is 5.95. The minimum Gasteiger partial charge on any atom is -0.485 e. The first kappa shape index (κ1) is 18.7. The van der Waals surface area contributed by atoms with E-state index in [1.165, 1.54) is 12.1 Å². The molecule has 8 heteroatoms. The predicted molar refractivity (Wildman–Crippen MR) is 89.7 cm³/mol. The number of nitrogens with zero attached hydrogens (tertiary/aromatic N) is 2. The molecule has 1 aliphatic rings. The van der Waals surface area contributed by atoms with Crippen LogP contribution < -0.4 is 4.74 Å². The van der Waals surface area contributed by atoms with Crippen LogP contribution in [0.1, 0.15) is 43.5 Å². The molecule has 1 amide bonds. The lowest BCUT2D eigenvalue weighted by Gasteiger charge is -2.25. The summed E-state index contributed by atoms with van der Waals surface area (Å²) in [5, 5.41) is 20.1. The molecule has 136 valence electrons. The van der Waals surface area contributed by atoms with Crippen molar-refractivity contribution in [2.75, 3.05) is 13.2 Å². The zero-order chi connectivity index (χ0) is 18.6. The number of nitro groups is 1. The van der Waals surface area contributed by atoms with E-state index < -0.39 is 16.6 Å². The molecular weight excluding hydrogens is 328 g/mol. The van der Waals surface area contributed by atoms with Crippen molar-refractivity contribution in [1.29, 1.82) is 0 Å². The Labute approximate surface area is 145 Å². The van der Waals surface area contributed by atoms with E-state index in [-0.39, 0.29) is 35.8 Å². The lowest BCUT2D eigenvalue weighted by molar-refractivity contribution is -0.385. The van der Waals surface area contributed by atoms with Gasteiger partial charge in [0.15, 0.2) is 5.75 Å². The van der Waals surface area contributed by atoms with Crippen LogP contribution in [0.4, 0.5) is 5.69 Å². The van der Waals surface area contributed by atoms with Crippen LogP contribution in [0, 0.1) is 16.0 Å². The molecule has 1 aliphatic heterocycles. The van der Waals surface area contributed by atoms with E-state index in [2.05, 4.69) is 0 Å². The summed E-state index contributed by atoms with van der Waals surface area (Å²) in [6.07, 6.45) is 2.12. The van der Waals surface area contributed by atoms with E-state index in [4.69, 9.17) is 9.84 Å². The number of aromatic carboxylic acids is 1. The minimum atomic E-state index is -1.24. The molecule has 0 aliphatic carbocycles. The number of amides is 1. The fourth-order valence-corrected chi connectivity index (χ4v) is 2.90. The minimum absolute atomic E-state index is 0.0122. The van der Waals surface area contributed by atoms with Crippen LogP contribution in [0.2, 0.25) is 0 Å². The van der Waals surface area contributed by atoms with Crippen molar-refractivity contribution in [2.24, 2.45) is 5.92 Å². The molecule has 1 atom stereocenters. The first-order chi connectivity index (χ1) is 11.8. The van der Waals surface area contributed by atoms with E-state index in [0.717, 1.165) is 18.9 Å². The number of carboxylic acid groups (broad SMARTS) is 1. The third-order valence-corrected chi connectivity index (χ3v) is 4.11. The van der Waals surface area contributed by atoms with Gasteiger partial charge in [-0.1, -0.05) is 13.8 Å². The van der Waals surface area contributed by atoms with Crippen LogP contribution in [0.25, 0.3) is 0 Å². The van der Waals surface area contributed by atoms with Crippen molar-refractivity contribution < 1.29 is 24.4 Å². The first-order valence-electron chi connectivity index (χ1n) is 8.23. The summed E-state index contributed by atoms with van der Waals surface area (Å²) in [5.41, 5.74) is -0.563. The van der Waals surface area contributed by atoms with E-state index in [1.807, 2.05) is 13.8 Å². The average Bonchev–Trinajstić information content (AvgIpc) is 3.00. The second-order valence-electron chi connectivity index (χ2n) is 6.54. The zero-order valence-corrected chi connectivity index (χ0v) is 14.3. The van der Waals surface area contributed by atoms with Gasteiger partial charge in [-0.3, -0.25) is 14.9 Å². The molecule has 25 heavy (non-hydrogen) atoms. The molecule has 2 rings (SSSR count). The molecule has 0 bridgehead atoms. The van der Waals surface area contributed by atoms with Crippen LogP contribution >= 0.6 is 0 Å². The summed E-state index contributed by atoms with van der Waals surface area (Å²) in [4.78, 5) is 35.5. The molecule has 8 nitrogen and oxygen atoms in total. The lowest BCUT2D eigenvalue weighted by atomic mass is 10.1. The van der Waals surface area contributed by atoms with E-state index in [0.29, 0.717) is 13.0 Å². The second kappa shape index (κ2) is 7.96. The number of rotatable bonds is 7. The molecule has 1 aromatic rings. The molecule has 1 aromatic carbocycles. The lowest BCUT2D eigenvalue weighted by Crippen LogP contribution is -2.39. The highest BCUT2D eigenvalue weighted by atomic mass is 16.6. The first-order valence-corrected chi connectivity index (χ1v) is 8.23. The van der Waals surface area contributed by atoms with Crippen molar-refractivity contribution in [3.63, 3.8) is 0 Å². The molecule has 0 spiro atoms. The van der Waals surface area contributed by atoms with Gasteiger partial charge in [-0.2, -0.15) is 0 Å².